The van der Waals surface area contributed by atoms with Crippen molar-refractivity contribution < 1.29 is 9.59 Å². The fourth-order valence-electron chi connectivity index (χ4n) is 4.22. The Bertz CT molecular complexity index is 618. The van der Waals surface area contributed by atoms with Crippen LogP contribution in [-0.2, 0) is 0 Å². The predicted molar refractivity (Wildman–Crippen MR) is 105 cm³/mol. The van der Waals surface area contributed by atoms with Crippen LogP contribution in [-0.4, -0.2) is 53.7 Å². The summed E-state index contributed by atoms with van der Waals surface area (Å²) in [6.07, 6.45) is 6.62. The van der Waals surface area contributed by atoms with E-state index < -0.39 is 0 Å². The summed E-state index contributed by atoms with van der Waals surface area (Å²) in [4.78, 5) is 29.8. The van der Waals surface area contributed by atoms with E-state index in [2.05, 4.69) is 18.7 Å². The molecule has 1 aromatic rings. The largest absolute Gasteiger partial charge is 0.337 e. The van der Waals surface area contributed by atoms with Crippen molar-refractivity contribution in [2.75, 3.05) is 26.2 Å². The number of amides is 1. The van der Waals surface area contributed by atoms with Gasteiger partial charge in [-0.1, -0.05) is 31.4 Å². The van der Waals surface area contributed by atoms with Gasteiger partial charge in [-0.25, -0.2) is 0 Å². The molecule has 2 fully saturated rings. The number of hydrogen-bond donors (Lipinski definition) is 0. The lowest BCUT2D eigenvalue weighted by Crippen LogP contribution is -2.37. The van der Waals surface area contributed by atoms with Gasteiger partial charge in [0.05, 0.1) is 0 Å². The number of carbonyl (C=O) groups is 2. The Kier molecular flexibility index (Phi) is 6.47. The Morgan fingerprint density at radius 3 is 2.15 bits per heavy atom. The van der Waals surface area contributed by atoms with Crippen LogP contribution >= 0.6 is 0 Å². The van der Waals surface area contributed by atoms with E-state index in [0.717, 1.165) is 63.8 Å². The average molecular weight is 357 g/mol. The van der Waals surface area contributed by atoms with Gasteiger partial charge >= 0.3 is 0 Å². The van der Waals surface area contributed by atoms with Crippen LogP contribution in [0.5, 0.6) is 0 Å². The van der Waals surface area contributed by atoms with Gasteiger partial charge in [0.15, 0.2) is 5.78 Å². The van der Waals surface area contributed by atoms with Gasteiger partial charge in [-0.2, -0.15) is 0 Å². The summed E-state index contributed by atoms with van der Waals surface area (Å²) in [5.41, 5.74) is 1.46. The summed E-state index contributed by atoms with van der Waals surface area (Å²) >= 11 is 0. The lowest BCUT2D eigenvalue weighted by Gasteiger charge is -2.25. The Morgan fingerprint density at radius 2 is 1.50 bits per heavy atom. The van der Waals surface area contributed by atoms with Gasteiger partial charge in [0, 0.05) is 49.3 Å². The summed E-state index contributed by atoms with van der Waals surface area (Å²) in [6.45, 7) is 7.99. The number of Topliss-reactive ketones (excluding diaryl/α,β-unsaturated/α-hetero) is 1. The number of benzene rings is 1. The molecule has 3 rings (SSSR count). The zero-order valence-electron chi connectivity index (χ0n) is 16.2. The number of rotatable bonds is 4. The van der Waals surface area contributed by atoms with Gasteiger partial charge < -0.3 is 4.90 Å². The molecule has 0 spiro atoms. The molecule has 0 N–H and O–H groups in total. The smallest absolute Gasteiger partial charge is 0.253 e. The molecule has 1 aliphatic heterocycles. The summed E-state index contributed by atoms with van der Waals surface area (Å²) < 4.78 is 0. The second-order valence-corrected chi connectivity index (χ2v) is 8.05. The fraction of sp³-hybridized carbons (Fsp3) is 0.636. The van der Waals surface area contributed by atoms with E-state index in [9.17, 15) is 9.59 Å². The number of ketones is 1. The number of carbonyl (C=O) groups excluding carboxylic acids is 2. The van der Waals surface area contributed by atoms with E-state index in [1.165, 1.54) is 6.42 Å². The first-order chi connectivity index (χ1) is 12.6. The van der Waals surface area contributed by atoms with Crippen molar-refractivity contribution >= 4 is 11.7 Å². The third kappa shape index (κ3) is 4.53. The molecule has 4 heteroatoms. The molecule has 2 aliphatic rings. The normalized spacial score (nSPS) is 20.2. The van der Waals surface area contributed by atoms with E-state index in [-0.39, 0.29) is 17.6 Å². The molecule has 26 heavy (non-hydrogen) atoms. The highest BCUT2D eigenvalue weighted by atomic mass is 16.2. The summed E-state index contributed by atoms with van der Waals surface area (Å²) in [6, 6.07) is 7.90. The summed E-state index contributed by atoms with van der Waals surface area (Å²) in [5.74, 6) is 0.524. The molecule has 142 valence electrons. The Hall–Kier alpha value is -1.68. The Balaban J connectivity index is 1.62. The third-order valence-corrected chi connectivity index (χ3v) is 5.94. The molecular weight excluding hydrogens is 324 g/mol. The monoisotopic (exact) mass is 356 g/mol. The van der Waals surface area contributed by atoms with Gasteiger partial charge in [-0.3, -0.25) is 14.5 Å². The van der Waals surface area contributed by atoms with Crippen LogP contribution in [0.1, 0.15) is 73.1 Å². The van der Waals surface area contributed by atoms with Gasteiger partial charge in [0.1, 0.15) is 0 Å². The van der Waals surface area contributed by atoms with Gasteiger partial charge in [-0.05, 0) is 45.2 Å². The maximum absolute atomic E-state index is 12.8. The third-order valence-electron chi connectivity index (χ3n) is 5.94. The van der Waals surface area contributed by atoms with Crippen LogP contribution in [0.3, 0.4) is 0 Å². The van der Waals surface area contributed by atoms with E-state index in [4.69, 9.17) is 0 Å². The van der Waals surface area contributed by atoms with Crippen molar-refractivity contribution in [1.29, 1.82) is 0 Å². The predicted octanol–water partition coefficient (Wildman–Crippen LogP) is 4.01. The highest BCUT2D eigenvalue weighted by Crippen LogP contribution is 2.27. The zero-order valence-corrected chi connectivity index (χ0v) is 16.2. The van der Waals surface area contributed by atoms with Crippen molar-refractivity contribution in [2.24, 2.45) is 5.92 Å². The molecule has 1 aliphatic carbocycles. The Labute approximate surface area is 157 Å². The van der Waals surface area contributed by atoms with Crippen molar-refractivity contribution in [2.45, 2.75) is 58.4 Å². The van der Waals surface area contributed by atoms with Crippen LogP contribution in [0, 0.1) is 5.92 Å². The standard InChI is InChI=1S/C22H32N2O2/c1-17(2)23-13-6-14-24(16-15-23)22(26)20-11-9-19(10-12-20)21(25)18-7-4-3-5-8-18/h9-12,17-18H,3-8,13-16H2,1-2H3. The molecule has 0 bridgehead atoms. The minimum Gasteiger partial charge on any atom is -0.337 e. The maximum atomic E-state index is 12.8. The van der Waals surface area contributed by atoms with E-state index in [1.807, 2.05) is 29.2 Å². The first-order valence-electron chi connectivity index (χ1n) is 10.2. The molecule has 4 nitrogen and oxygen atoms in total. The summed E-state index contributed by atoms with van der Waals surface area (Å²) in [5, 5.41) is 0. The SMILES string of the molecule is CC(C)N1CCCN(C(=O)c2ccc(C(=O)C3CCCCC3)cc2)CC1. The van der Waals surface area contributed by atoms with Crippen molar-refractivity contribution in [3.63, 3.8) is 0 Å². The molecule has 1 saturated heterocycles. The second-order valence-electron chi connectivity index (χ2n) is 8.05. The highest BCUT2D eigenvalue weighted by molar-refractivity contribution is 6.00. The van der Waals surface area contributed by atoms with Crippen LogP contribution in [0.25, 0.3) is 0 Å². The van der Waals surface area contributed by atoms with Crippen LogP contribution in [0.2, 0.25) is 0 Å². The molecule has 1 aromatic carbocycles. The van der Waals surface area contributed by atoms with Crippen LogP contribution in [0.4, 0.5) is 0 Å². The molecular formula is C22H32N2O2. The zero-order chi connectivity index (χ0) is 18.5. The summed E-state index contributed by atoms with van der Waals surface area (Å²) in [7, 11) is 0. The van der Waals surface area contributed by atoms with E-state index in [0.29, 0.717) is 11.6 Å². The van der Waals surface area contributed by atoms with E-state index >= 15 is 0 Å². The number of nitrogens with zero attached hydrogens (tertiary/aromatic N) is 2. The quantitative estimate of drug-likeness (QED) is 0.766. The maximum Gasteiger partial charge on any atom is 0.253 e. The van der Waals surface area contributed by atoms with Crippen LogP contribution < -0.4 is 0 Å². The van der Waals surface area contributed by atoms with Crippen molar-refractivity contribution in [3.8, 4) is 0 Å². The molecule has 1 amide bonds. The second kappa shape index (κ2) is 8.81. The molecule has 1 heterocycles. The first kappa shape index (κ1) is 19.1. The van der Waals surface area contributed by atoms with Gasteiger partial charge in [0.2, 0.25) is 0 Å². The fourth-order valence-corrected chi connectivity index (χ4v) is 4.22. The van der Waals surface area contributed by atoms with Gasteiger partial charge in [-0.15, -0.1) is 0 Å². The average Bonchev–Trinajstić information content (AvgIpc) is 2.94. The first-order valence-corrected chi connectivity index (χ1v) is 10.2. The highest BCUT2D eigenvalue weighted by Gasteiger charge is 2.24. The molecule has 0 unspecified atom stereocenters. The van der Waals surface area contributed by atoms with Crippen molar-refractivity contribution in [3.05, 3.63) is 35.4 Å². The Morgan fingerprint density at radius 1 is 0.846 bits per heavy atom. The van der Waals surface area contributed by atoms with Crippen molar-refractivity contribution in [1.82, 2.24) is 9.80 Å². The van der Waals surface area contributed by atoms with E-state index in [1.54, 1.807) is 0 Å². The minimum atomic E-state index is 0.0901. The number of hydrogen-bond acceptors (Lipinski definition) is 3. The molecule has 0 atom stereocenters. The van der Waals surface area contributed by atoms with Crippen LogP contribution in [0.15, 0.2) is 24.3 Å². The molecule has 0 aromatic heterocycles. The molecule has 1 saturated carbocycles. The van der Waals surface area contributed by atoms with Gasteiger partial charge in [0.25, 0.3) is 5.91 Å². The molecule has 0 radical (unpaired) electrons. The lowest BCUT2D eigenvalue weighted by molar-refractivity contribution is 0.0758. The minimum absolute atomic E-state index is 0.0901. The lowest BCUT2D eigenvalue weighted by atomic mass is 9.84. The topological polar surface area (TPSA) is 40.6 Å².